The van der Waals surface area contributed by atoms with E-state index in [-0.39, 0.29) is 12.0 Å². The fourth-order valence-corrected chi connectivity index (χ4v) is 5.55. The van der Waals surface area contributed by atoms with E-state index in [4.69, 9.17) is 5.73 Å². The number of anilines is 1. The molecule has 2 aliphatic rings. The Balaban J connectivity index is 1.60. The Labute approximate surface area is 161 Å². The van der Waals surface area contributed by atoms with Gasteiger partial charge in [-0.3, -0.25) is 0 Å². The number of benzene rings is 2. The average Bonchev–Trinajstić information content (AvgIpc) is 3.20. The molecule has 0 bridgehead atoms. The second kappa shape index (κ2) is 6.09. The molecule has 0 spiro atoms. The molecule has 27 heavy (non-hydrogen) atoms. The summed E-state index contributed by atoms with van der Waals surface area (Å²) < 4.78 is 0. The zero-order valence-corrected chi connectivity index (χ0v) is 15.4. The van der Waals surface area contributed by atoms with Crippen LogP contribution in [0.4, 0.5) is 9.93 Å². The van der Waals surface area contributed by atoms with E-state index in [9.17, 15) is 9.90 Å². The predicted molar refractivity (Wildman–Crippen MR) is 106 cm³/mol. The maximum Gasteiger partial charge on any atom is 0.407 e. The maximum atomic E-state index is 11.9. The molecular formula is C21H19N3O2S. The highest BCUT2D eigenvalue weighted by atomic mass is 32.1. The molecule has 1 aromatic heterocycles. The molecule has 2 aromatic carbocycles. The first-order valence-electron chi connectivity index (χ1n) is 9.06. The standard InChI is InChI=1S/C21H19N3O2S/c22-20-23-17-9-10-24(21(25)26)18(19(17)27-20)11-16-14-7-3-1-5-12(14)13-6-2-4-8-15(13)16/h1-8,16,18H,9-11H2,(H2,22,23)(H,25,26). The van der Waals surface area contributed by atoms with Crippen molar-refractivity contribution < 1.29 is 9.90 Å². The molecule has 3 aromatic rings. The van der Waals surface area contributed by atoms with Crippen molar-refractivity contribution in [3.63, 3.8) is 0 Å². The number of hydrogen-bond donors (Lipinski definition) is 2. The summed E-state index contributed by atoms with van der Waals surface area (Å²) in [6.07, 6.45) is 0.454. The number of nitrogens with two attached hydrogens (primary N) is 1. The van der Waals surface area contributed by atoms with Crippen LogP contribution in [-0.4, -0.2) is 27.6 Å². The van der Waals surface area contributed by atoms with E-state index in [1.165, 1.54) is 33.6 Å². The molecule has 0 radical (unpaired) electrons. The topological polar surface area (TPSA) is 79.5 Å². The molecule has 1 unspecified atom stereocenters. The molecule has 5 rings (SSSR count). The Bertz CT molecular complexity index is 1000. The summed E-state index contributed by atoms with van der Waals surface area (Å²) in [5.74, 6) is 0.165. The first-order chi connectivity index (χ1) is 13.1. The molecular weight excluding hydrogens is 358 g/mol. The first kappa shape index (κ1) is 16.3. The Morgan fingerprint density at radius 3 is 2.41 bits per heavy atom. The van der Waals surface area contributed by atoms with Gasteiger partial charge in [0, 0.05) is 18.9 Å². The number of carboxylic acid groups (broad SMARTS) is 1. The zero-order chi connectivity index (χ0) is 18.5. The quantitative estimate of drug-likeness (QED) is 0.689. The van der Waals surface area contributed by atoms with Crippen LogP contribution >= 0.6 is 11.3 Å². The van der Waals surface area contributed by atoms with Crippen LogP contribution in [0.25, 0.3) is 11.1 Å². The monoisotopic (exact) mass is 377 g/mol. The van der Waals surface area contributed by atoms with Crippen molar-refractivity contribution in [2.24, 2.45) is 0 Å². The van der Waals surface area contributed by atoms with E-state index in [0.717, 1.165) is 10.6 Å². The number of fused-ring (bicyclic) bond motifs is 4. The van der Waals surface area contributed by atoms with Crippen LogP contribution in [0, 0.1) is 0 Å². The number of hydrogen-bond acceptors (Lipinski definition) is 4. The lowest BCUT2D eigenvalue weighted by Gasteiger charge is -2.34. The second-order valence-corrected chi connectivity index (χ2v) is 8.13. The third kappa shape index (κ3) is 2.51. The summed E-state index contributed by atoms with van der Waals surface area (Å²) in [7, 11) is 0. The summed E-state index contributed by atoms with van der Waals surface area (Å²) in [5.41, 5.74) is 11.9. The van der Waals surface area contributed by atoms with Gasteiger partial charge in [0.05, 0.1) is 16.6 Å². The van der Waals surface area contributed by atoms with Gasteiger partial charge in [0.1, 0.15) is 0 Å². The smallest absolute Gasteiger partial charge is 0.407 e. The normalized spacial score (nSPS) is 18.1. The van der Waals surface area contributed by atoms with Crippen LogP contribution in [-0.2, 0) is 6.42 Å². The Morgan fingerprint density at radius 2 is 1.78 bits per heavy atom. The highest BCUT2D eigenvalue weighted by Crippen LogP contribution is 2.50. The van der Waals surface area contributed by atoms with Crippen LogP contribution in [0.5, 0.6) is 0 Å². The molecule has 0 saturated heterocycles. The zero-order valence-electron chi connectivity index (χ0n) is 14.6. The SMILES string of the molecule is Nc1nc2c(s1)C(CC1c3ccccc3-c3ccccc31)N(C(=O)O)CC2. The largest absolute Gasteiger partial charge is 0.465 e. The van der Waals surface area contributed by atoms with Gasteiger partial charge in [-0.2, -0.15) is 0 Å². The van der Waals surface area contributed by atoms with Gasteiger partial charge in [-0.15, -0.1) is 0 Å². The van der Waals surface area contributed by atoms with E-state index in [2.05, 4.69) is 53.5 Å². The number of nitrogen functional groups attached to an aromatic ring is 1. The van der Waals surface area contributed by atoms with Gasteiger partial charge < -0.3 is 15.7 Å². The number of rotatable bonds is 2. The molecule has 0 saturated carbocycles. The van der Waals surface area contributed by atoms with Crippen molar-refractivity contribution in [2.75, 3.05) is 12.3 Å². The Kier molecular flexibility index (Phi) is 3.68. The molecule has 5 nitrogen and oxygen atoms in total. The average molecular weight is 377 g/mol. The van der Waals surface area contributed by atoms with Gasteiger partial charge in [0.2, 0.25) is 0 Å². The van der Waals surface area contributed by atoms with Gasteiger partial charge in [-0.05, 0) is 28.7 Å². The lowest BCUT2D eigenvalue weighted by molar-refractivity contribution is 0.116. The fraction of sp³-hybridized carbons (Fsp3) is 0.238. The molecule has 1 atom stereocenters. The highest BCUT2D eigenvalue weighted by Gasteiger charge is 2.38. The van der Waals surface area contributed by atoms with Crippen molar-refractivity contribution in [1.82, 2.24) is 9.88 Å². The van der Waals surface area contributed by atoms with Crippen molar-refractivity contribution in [1.29, 1.82) is 0 Å². The van der Waals surface area contributed by atoms with Gasteiger partial charge in [-0.25, -0.2) is 9.78 Å². The minimum absolute atomic E-state index is 0.165. The molecule has 3 N–H and O–H groups in total. The van der Waals surface area contributed by atoms with Gasteiger partial charge >= 0.3 is 6.09 Å². The predicted octanol–water partition coefficient (Wildman–Crippen LogP) is 4.51. The van der Waals surface area contributed by atoms with E-state index < -0.39 is 6.09 Å². The van der Waals surface area contributed by atoms with Crippen molar-refractivity contribution in [3.8, 4) is 11.1 Å². The van der Waals surface area contributed by atoms with Gasteiger partial charge in [0.15, 0.2) is 5.13 Å². The van der Waals surface area contributed by atoms with Crippen LogP contribution in [0.3, 0.4) is 0 Å². The van der Waals surface area contributed by atoms with Crippen molar-refractivity contribution >= 4 is 22.6 Å². The Hall–Kier alpha value is -2.86. The molecule has 1 aliphatic carbocycles. The van der Waals surface area contributed by atoms with Gasteiger partial charge in [0.25, 0.3) is 0 Å². The van der Waals surface area contributed by atoms with E-state index >= 15 is 0 Å². The molecule has 0 fully saturated rings. The van der Waals surface area contributed by atoms with Crippen molar-refractivity contribution in [2.45, 2.75) is 24.8 Å². The summed E-state index contributed by atoms with van der Waals surface area (Å²) >= 11 is 1.43. The molecule has 136 valence electrons. The van der Waals surface area contributed by atoms with Crippen LogP contribution in [0.1, 0.15) is 40.1 Å². The molecule has 2 heterocycles. The van der Waals surface area contributed by atoms with Gasteiger partial charge in [-0.1, -0.05) is 59.9 Å². The molecule has 1 aliphatic heterocycles. The summed E-state index contributed by atoms with van der Waals surface area (Å²) in [6.45, 7) is 0.464. The second-order valence-electron chi connectivity index (χ2n) is 7.07. The van der Waals surface area contributed by atoms with Crippen molar-refractivity contribution in [3.05, 3.63) is 70.2 Å². The maximum absolute atomic E-state index is 11.9. The minimum Gasteiger partial charge on any atom is -0.465 e. The van der Waals surface area contributed by atoms with E-state index in [1.807, 2.05) is 0 Å². The summed E-state index contributed by atoms with van der Waals surface area (Å²) in [5, 5.41) is 10.3. The summed E-state index contributed by atoms with van der Waals surface area (Å²) in [4.78, 5) is 18.9. The number of aromatic nitrogens is 1. The Morgan fingerprint density at radius 1 is 1.15 bits per heavy atom. The number of amides is 1. The van der Waals surface area contributed by atoms with E-state index in [0.29, 0.717) is 24.5 Å². The number of nitrogens with zero attached hydrogens (tertiary/aromatic N) is 2. The number of thiazole rings is 1. The van der Waals surface area contributed by atoms with E-state index in [1.54, 1.807) is 4.90 Å². The highest BCUT2D eigenvalue weighted by molar-refractivity contribution is 7.15. The molecule has 1 amide bonds. The first-order valence-corrected chi connectivity index (χ1v) is 9.88. The van der Waals surface area contributed by atoms with Crippen LogP contribution in [0.2, 0.25) is 0 Å². The fourth-order valence-electron chi connectivity index (χ4n) is 4.55. The number of carbonyl (C=O) groups is 1. The molecule has 6 heteroatoms. The van der Waals surface area contributed by atoms with Crippen LogP contribution < -0.4 is 5.73 Å². The lowest BCUT2D eigenvalue weighted by atomic mass is 9.87. The lowest BCUT2D eigenvalue weighted by Crippen LogP contribution is -2.39. The third-order valence-corrected chi connectivity index (χ3v) is 6.71. The summed E-state index contributed by atoms with van der Waals surface area (Å²) in [6, 6.07) is 16.7. The minimum atomic E-state index is -0.878. The third-order valence-electron chi connectivity index (χ3n) is 5.68. The van der Waals surface area contributed by atoms with Crippen LogP contribution in [0.15, 0.2) is 48.5 Å².